The van der Waals surface area contributed by atoms with E-state index in [2.05, 4.69) is 5.32 Å². The van der Waals surface area contributed by atoms with Crippen LogP contribution in [-0.2, 0) is 4.79 Å². The molecule has 2 heterocycles. The lowest BCUT2D eigenvalue weighted by molar-refractivity contribution is -0.128. The van der Waals surface area contributed by atoms with Crippen LogP contribution in [-0.4, -0.2) is 46.4 Å². The highest BCUT2D eigenvalue weighted by Gasteiger charge is 2.35. The smallest absolute Gasteiger partial charge is 0.238 e. The molecule has 21 heavy (non-hydrogen) atoms. The van der Waals surface area contributed by atoms with E-state index in [1.807, 2.05) is 23.5 Å². The average Bonchev–Trinajstić information content (AvgIpc) is 2.82. The molecule has 7 heteroatoms. The largest absolute Gasteiger partial charge is 0.321 e. The molecule has 1 N–H and O–H groups in total. The van der Waals surface area contributed by atoms with E-state index < -0.39 is 17.8 Å². The SMILES string of the molecule is O=C1CNC(c2ccc(F)cc2F)N1CC1CSCCS1. The van der Waals surface area contributed by atoms with Gasteiger partial charge < -0.3 is 4.90 Å². The number of nitrogens with zero attached hydrogens (tertiary/aromatic N) is 1. The molecular weight excluding hydrogens is 314 g/mol. The Balaban J connectivity index is 1.78. The molecule has 2 atom stereocenters. The Morgan fingerprint density at radius 2 is 2.19 bits per heavy atom. The molecule has 0 spiro atoms. The van der Waals surface area contributed by atoms with Gasteiger partial charge in [-0.05, 0) is 12.1 Å². The van der Waals surface area contributed by atoms with Crippen LogP contribution in [0.3, 0.4) is 0 Å². The van der Waals surface area contributed by atoms with Gasteiger partial charge in [0.25, 0.3) is 0 Å². The molecule has 2 fully saturated rings. The molecular formula is C14H16F2N2OS2. The number of hydrogen-bond donors (Lipinski definition) is 1. The van der Waals surface area contributed by atoms with Crippen LogP contribution in [0, 0.1) is 11.6 Å². The number of rotatable bonds is 3. The molecule has 3 nitrogen and oxygen atoms in total. The summed E-state index contributed by atoms with van der Waals surface area (Å²) < 4.78 is 27.0. The minimum atomic E-state index is -0.613. The molecule has 2 saturated heterocycles. The predicted octanol–water partition coefficient (Wildman–Crippen LogP) is 2.24. The summed E-state index contributed by atoms with van der Waals surface area (Å²) in [6.45, 7) is 0.803. The Hall–Kier alpha value is -0.790. The van der Waals surface area contributed by atoms with E-state index in [0.717, 1.165) is 23.3 Å². The quantitative estimate of drug-likeness (QED) is 0.921. The van der Waals surface area contributed by atoms with Crippen molar-refractivity contribution in [1.82, 2.24) is 10.2 Å². The zero-order chi connectivity index (χ0) is 14.8. The molecule has 2 aliphatic heterocycles. The van der Waals surface area contributed by atoms with Crippen molar-refractivity contribution in [2.75, 3.05) is 30.3 Å². The van der Waals surface area contributed by atoms with Gasteiger partial charge in [-0.2, -0.15) is 23.5 Å². The van der Waals surface area contributed by atoms with Crippen LogP contribution >= 0.6 is 23.5 Å². The number of nitrogens with one attached hydrogen (secondary N) is 1. The number of carbonyl (C=O) groups is 1. The Morgan fingerprint density at radius 3 is 2.90 bits per heavy atom. The fourth-order valence-electron chi connectivity index (χ4n) is 2.61. The van der Waals surface area contributed by atoms with Crippen LogP contribution in [0.2, 0.25) is 0 Å². The molecule has 0 bridgehead atoms. The Labute approximate surface area is 130 Å². The van der Waals surface area contributed by atoms with Crippen LogP contribution in [0.5, 0.6) is 0 Å². The van der Waals surface area contributed by atoms with E-state index in [0.29, 0.717) is 17.4 Å². The third-order valence-electron chi connectivity index (χ3n) is 3.62. The summed E-state index contributed by atoms with van der Waals surface area (Å²) in [4.78, 5) is 13.7. The minimum absolute atomic E-state index is 0.0279. The fourth-order valence-corrected chi connectivity index (χ4v) is 5.27. The maximum atomic E-state index is 14.0. The molecule has 0 aromatic heterocycles. The van der Waals surface area contributed by atoms with Gasteiger partial charge >= 0.3 is 0 Å². The molecule has 2 aliphatic rings. The first-order chi connectivity index (χ1) is 10.1. The number of thioether (sulfide) groups is 2. The number of benzene rings is 1. The Bertz CT molecular complexity index is 538. The van der Waals surface area contributed by atoms with Crippen LogP contribution in [0.1, 0.15) is 11.7 Å². The zero-order valence-electron chi connectivity index (χ0n) is 11.4. The highest BCUT2D eigenvalue weighted by molar-refractivity contribution is 8.06. The summed E-state index contributed by atoms with van der Waals surface area (Å²) >= 11 is 3.75. The van der Waals surface area contributed by atoms with Crippen molar-refractivity contribution < 1.29 is 13.6 Å². The highest BCUT2D eigenvalue weighted by atomic mass is 32.2. The standard InChI is InChI=1S/C14H16F2N2OS2/c15-9-1-2-11(12(16)5-9)14-17-6-13(19)18(14)7-10-8-20-3-4-21-10/h1-2,5,10,14,17H,3-4,6-8H2. The summed E-state index contributed by atoms with van der Waals surface area (Å²) in [6, 6.07) is 3.51. The second kappa shape index (κ2) is 6.54. The normalized spacial score (nSPS) is 26.4. The Kier molecular flexibility index (Phi) is 4.71. The maximum Gasteiger partial charge on any atom is 0.238 e. The molecule has 0 aliphatic carbocycles. The maximum absolute atomic E-state index is 14.0. The summed E-state index contributed by atoms with van der Waals surface area (Å²) in [5.74, 6) is 1.99. The summed E-state index contributed by atoms with van der Waals surface area (Å²) in [5.41, 5.74) is 0.329. The van der Waals surface area contributed by atoms with Gasteiger partial charge in [0.2, 0.25) is 5.91 Å². The predicted molar refractivity (Wildman–Crippen MR) is 82.4 cm³/mol. The van der Waals surface area contributed by atoms with Crippen molar-refractivity contribution in [2.45, 2.75) is 11.4 Å². The minimum Gasteiger partial charge on any atom is -0.321 e. The van der Waals surface area contributed by atoms with Gasteiger partial charge in [0, 0.05) is 40.7 Å². The Morgan fingerprint density at radius 1 is 1.33 bits per heavy atom. The van der Waals surface area contributed by atoms with Gasteiger partial charge in [0.05, 0.1) is 6.54 Å². The lowest BCUT2D eigenvalue weighted by atomic mass is 10.1. The van der Waals surface area contributed by atoms with E-state index >= 15 is 0 Å². The number of amides is 1. The lowest BCUT2D eigenvalue weighted by Crippen LogP contribution is -2.38. The van der Waals surface area contributed by atoms with Gasteiger partial charge in [-0.1, -0.05) is 0 Å². The van der Waals surface area contributed by atoms with E-state index in [1.165, 1.54) is 12.1 Å². The second-order valence-electron chi connectivity index (χ2n) is 5.06. The molecule has 1 aromatic carbocycles. The molecule has 114 valence electrons. The lowest BCUT2D eigenvalue weighted by Gasteiger charge is -2.30. The van der Waals surface area contributed by atoms with Crippen LogP contribution in [0.15, 0.2) is 18.2 Å². The van der Waals surface area contributed by atoms with Crippen molar-refractivity contribution in [3.8, 4) is 0 Å². The van der Waals surface area contributed by atoms with Crippen molar-refractivity contribution in [3.63, 3.8) is 0 Å². The summed E-state index contributed by atoms with van der Waals surface area (Å²) in [6.07, 6.45) is -0.495. The number of hydrogen-bond acceptors (Lipinski definition) is 4. The summed E-state index contributed by atoms with van der Waals surface area (Å²) in [7, 11) is 0. The number of halogens is 2. The second-order valence-corrected chi connectivity index (χ2v) is 7.62. The van der Waals surface area contributed by atoms with Crippen molar-refractivity contribution in [1.29, 1.82) is 0 Å². The van der Waals surface area contributed by atoms with Crippen molar-refractivity contribution >= 4 is 29.4 Å². The van der Waals surface area contributed by atoms with E-state index in [1.54, 1.807) is 4.90 Å². The monoisotopic (exact) mass is 330 g/mol. The third kappa shape index (κ3) is 3.35. The van der Waals surface area contributed by atoms with Crippen LogP contribution in [0.4, 0.5) is 8.78 Å². The molecule has 3 rings (SSSR count). The first-order valence-electron chi connectivity index (χ1n) is 6.82. The van der Waals surface area contributed by atoms with Gasteiger partial charge in [0.15, 0.2) is 0 Å². The van der Waals surface area contributed by atoms with Crippen molar-refractivity contribution in [3.05, 3.63) is 35.4 Å². The zero-order valence-corrected chi connectivity index (χ0v) is 13.0. The average molecular weight is 330 g/mol. The highest BCUT2D eigenvalue weighted by Crippen LogP contribution is 2.30. The number of carbonyl (C=O) groups excluding carboxylic acids is 1. The molecule has 1 amide bonds. The molecule has 0 radical (unpaired) electrons. The van der Waals surface area contributed by atoms with Crippen LogP contribution in [0.25, 0.3) is 0 Å². The molecule has 2 unspecified atom stereocenters. The topological polar surface area (TPSA) is 32.3 Å². The van der Waals surface area contributed by atoms with Gasteiger partial charge in [0.1, 0.15) is 17.8 Å². The van der Waals surface area contributed by atoms with Gasteiger partial charge in [-0.15, -0.1) is 0 Å². The first kappa shape index (κ1) is 15.1. The van der Waals surface area contributed by atoms with Gasteiger partial charge in [-0.3, -0.25) is 10.1 Å². The van der Waals surface area contributed by atoms with Gasteiger partial charge in [-0.25, -0.2) is 8.78 Å². The van der Waals surface area contributed by atoms with Crippen LogP contribution < -0.4 is 5.32 Å². The molecule has 0 saturated carbocycles. The van der Waals surface area contributed by atoms with E-state index in [-0.39, 0.29) is 12.5 Å². The molecule has 1 aromatic rings. The van der Waals surface area contributed by atoms with E-state index in [4.69, 9.17) is 0 Å². The third-order valence-corrected chi connectivity index (χ3v) is 6.45. The van der Waals surface area contributed by atoms with Crippen molar-refractivity contribution in [2.24, 2.45) is 0 Å². The fraction of sp³-hybridized carbons (Fsp3) is 0.500. The first-order valence-corrected chi connectivity index (χ1v) is 9.02. The van der Waals surface area contributed by atoms with E-state index in [9.17, 15) is 13.6 Å². The summed E-state index contributed by atoms with van der Waals surface area (Å²) in [5, 5.41) is 3.39.